The fourth-order valence-electron chi connectivity index (χ4n) is 5.57. The predicted octanol–water partition coefficient (Wildman–Crippen LogP) is 9.28. The van der Waals surface area contributed by atoms with Gasteiger partial charge < -0.3 is 14.8 Å². The van der Waals surface area contributed by atoms with E-state index in [1.807, 2.05) is 12.1 Å². The molecule has 5 aromatic carbocycles. The Morgan fingerprint density at radius 3 is 1.23 bits per heavy atom. The van der Waals surface area contributed by atoms with Gasteiger partial charge in [0.15, 0.2) is 0 Å². The fourth-order valence-corrected chi connectivity index (χ4v) is 5.57. The van der Waals surface area contributed by atoms with Crippen LogP contribution in [0.4, 0.5) is 22.7 Å². The van der Waals surface area contributed by atoms with Crippen molar-refractivity contribution in [2.24, 2.45) is 0 Å². The topological polar surface area (TPSA) is 20.6 Å². The van der Waals surface area contributed by atoms with E-state index in [4.69, 9.17) is 0 Å². The van der Waals surface area contributed by atoms with Gasteiger partial charge in [0.05, 0.1) is 0 Å². The van der Waals surface area contributed by atoms with Gasteiger partial charge in [-0.1, -0.05) is 97.1 Å². The summed E-state index contributed by atoms with van der Waals surface area (Å²) in [6.07, 6.45) is 0. The molecule has 0 unspecified atom stereocenters. The summed E-state index contributed by atoms with van der Waals surface area (Å²) < 4.78 is 0. The van der Waals surface area contributed by atoms with E-state index < -0.39 is 0 Å². The zero-order chi connectivity index (χ0) is 26.2. The second-order valence-corrected chi connectivity index (χ2v) is 9.97. The van der Waals surface area contributed by atoms with Crippen molar-refractivity contribution in [3.05, 3.63) is 138 Å². The smallest absolute Gasteiger partial charge is 0.0345 e. The number of para-hydroxylation sites is 6. The molecule has 0 bridgehead atoms. The van der Waals surface area contributed by atoms with Gasteiger partial charge in [-0.3, -0.25) is 0 Å². The van der Waals surface area contributed by atoms with Gasteiger partial charge in [-0.2, -0.15) is 0 Å². The second kappa shape index (κ2) is 11.2. The minimum Gasteiger partial charge on any atom is -0.657 e. The van der Waals surface area contributed by atoms with Crippen LogP contribution in [0.5, 0.6) is 0 Å². The van der Waals surface area contributed by atoms with Crippen molar-refractivity contribution >= 4 is 44.6 Å². The van der Waals surface area contributed by atoms with E-state index in [9.17, 15) is 0 Å². The molecule has 1 aliphatic heterocycles. The van der Waals surface area contributed by atoms with Crippen LogP contribution in [0.2, 0.25) is 0 Å². The van der Waals surface area contributed by atoms with Crippen LogP contribution in [0.1, 0.15) is 22.3 Å². The van der Waals surface area contributed by atoms with Gasteiger partial charge in [0.2, 0.25) is 0 Å². The Balaban J connectivity index is 0.000000185. The summed E-state index contributed by atoms with van der Waals surface area (Å²) in [5.41, 5.74) is 12.3. The Kier molecular flexibility index (Phi) is 7.67. The molecule has 0 aliphatic carbocycles. The van der Waals surface area contributed by atoms with Crippen LogP contribution in [0.3, 0.4) is 0 Å². The van der Waals surface area contributed by atoms with Crippen LogP contribution in [0.25, 0.3) is 21.8 Å². The number of aryl methyl sites for hydroxylation is 4. The molecule has 0 spiro atoms. The van der Waals surface area contributed by atoms with Gasteiger partial charge in [0.1, 0.15) is 0 Å². The molecule has 39 heavy (non-hydrogen) atoms. The van der Waals surface area contributed by atoms with E-state index in [1.54, 1.807) is 0 Å². The Bertz CT molecular complexity index is 1600. The molecule has 0 N–H and O–H groups in total. The van der Waals surface area contributed by atoms with Crippen LogP contribution in [-0.2, 0) is 22.4 Å². The second-order valence-electron chi connectivity index (χ2n) is 9.97. The average molecular weight is 691 g/mol. The molecule has 0 saturated carbocycles. The summed E-state index contributed by atoms with van der Waals surface area (Å²) in [6, 6.07) is 38.1. The molecule has 3 nitrogen and oxygen atoms in total. The predicted molar refractivity (Wildman–Crippen MR) is 162 cm³/mol. The van der Waals surface area contributed by atoms with Gasteiger partial charge in [-0.25, -0.2) is 0 Å². The molecular formula is C35H31AuN3-2. The number of aromatic nitrogens is 1. The Morgan fingerprint density at radius 2 is 0.821 bits per heavy atom. The summed E-state index contributed by atoms with van der Waals surface area (Å²) >= 11 is 0. The molecule has 0 amide bonds. The van der Waals surface area contributed by atoms with Crippen molar-refractivity contribution < 1.29 is 22.4 Å². The first kappa shape index (κ1) is 26.8. The molecule has 0 saturated heterocycles. The standard InChI is InChI=1S/C23H23N2.C12H8N.Au/c1-16-9-7-10-17(2)22(16)24-15-25(21-14-6-5-13-20(21)24)23-18(3)11-8-12-19(23)4;1-3-7-11-9(5-1)10-6-2-4-8-12(10)13-11;/h5-15H,1-4H3;1-8H;/q2*-1;. The number of fused-ring (bicyclic) bond motifs is 4. The number of benzene rings is 5. The Hall–Kier alpha value is -3.76. The molecule has 6 aromatic rings. The molecule has 4 heteroatoms. The first-order chi connectivity index (χ1) is 18.5. The van der Waals surface area contributed by atoms with Crippen LogP contribution in [0, 0.1) is 34.4 Å². The zero-order valence-electron chi connectivity index (χ0n) is 22.6. The van der Waals surface area contributed by atoms with Crippen LogP contribution in [-0.4, -0.2) is 0 Å². The van der Waals surface area contributed by atoms with Crippen molar-refractivity contribution in [2.75, 3.05) is 9.80 Å². The first-order valence-electron chi connectivity index (χ1n) is 13.1. The number of hydrogen-bond acceptors (Lipinski definition) is 2. The van der Waals surface area contributed by atoms with Gasteiger partial charge >= 0.3 is 0 Å². The maximum Gasteiger partial charge on any atom is 0.0345 e. The fraction of sp³-hybridized carbons (Fsp3) is 0.114. The van der Waals surface area contributed by atoms with Gasteiger partial charge in [-0.05, 0) is 72.9 Å². The Morgan fingerprint density at radius 1 is 0.462 bits per heavy atom. The average Bonchev–Trinajstić information content (AvgIpc) is 3.48. The third-order valence-corrected chi connectivity index (χ3v) is 7.33. The maximum absolute atomic E-state index is 4.52. The van der Waals surface area contributed by atoms with E-state index in [0.717, 1.165) is 11.0 Å². The molecule has 2 heterocycles. The van der Waals surface area contributed by atoms with E-state index in [-0.39, 0.29) is 22.4 Å². The van der Waals surface area contributed by atoms with Crippen LogP contribution in [0.15, 0.2) is 109 Å². The zero-order valence-corrected chi connectivity index (χ0v) is 24.8. The van der Waals surface area contributed by atoms with Crippen molar-refractivity contribution in [2.45, 2.75) is 27.7 Å². The largest absolute Gasteiger partial charge is 0.657 e. The summed E-state index contributed by atoms with van der Waals surface area (Å²) in [6.45, 7) is 11.0. The molecule has 7 rings (SSSR count). The van der Waals surface area contributed by atoms with Crippen molar-refractivity contribution in [1.82, 2.24) is 4.98 Å². The number of rotatable bonds is 2. The molecule has 0 fully saturated rings. The summed E-state index contributed by atoms with van der Waals surface area (Å²) in [7, 11) is 0. The molecule has 1 aromatic heterocycles. The minimum absolute atomic E-state index is 0. The van der Waals surface area contributed by atoms with E-state index in [1.165, 1.54) is 55.8 Å². The number of anilines is 4. The van der Waals surface area contributed by atoms with Crippen LogP contribution < -0.4 is 14.8 Å². The third kappa shape index (κ3) is 4.90. The summed E-state index contributed by atoms with van der Waals surface area (Å²) in [4.78, 5) is 9.17. The van der Waals surface area contributed by atoms with Crippen LogP contribution >= 0.6 is 0 Å². The number of hydrogen-bond donors (Lipinski definition) is 0. The quantitative estimate of drug-likeness (QED) is 0.134. The van der Waals surface area contributed by atoms with E-state index >= 15 is 0 Å². The normalized spacial score (nSPS) is 12.2. The Labute approximate surface area is 246 Å². The molecule has 1 radical (unpaired) electrons. The summed E-state index contributed by atoms with van der Waals surface area (Å²) in [5.74, 6) is 0. The van der Waals surface area contributed by atoms with Crippen molar-refractivity contribution in [1.29, 1.82) is 0 Å². The minimum atomic E-state index is 0. The van der Waals surface area contributed by atoms with Gasteiger partial charge in [0.25, 0.3) is 0 Å². The molecule has 1 aliphatic rings. The molecule has 0 atom stereocenters. The third-order valence-electron chi connectivity index (χ3n) is 7.33. The van der Waals surface area contributed by atoms with Gasteiger partial charge in [-0.15, -0.1) is 17.7 Å². The van der Waals surface area contributed by atoms with Crippen molar-refractivity contribution in [3.8, 4) is 0 Å². The maximum atomic E-state index is 4.52. The first-order valence-corrected chi connectivity index (χ1v) is 13.1. The number of nitrogens with zero attached hydrogens (tertiary/aromatic N) is 3. The molecule has 199 valence electrons. The van der Waals surface area contributed by atoms with Gasteiger partial charge in [0, 0.05) is 45.1 Å². The van der Waals surface area contributed by atoms with Crippen molar-refractivity contribution in [3.63, 3.8) is 0 Å². The summed E-state index contributed by atoms with van der Waals surface area (Å²) in [5, 5.41) is 2.50. The SMILES string of the molecule is Cc1cccc(C)c1N1[CH-]N(c2c(C)cccc2C)c2ccccc21.[Au].c1ccc2c(c1)[n-]c1ccccc12. The monoisotopic (exact) mass is 690 g/mol. The van der Waals surface area contributed by atoms with E-state index in [2.05, 4.69) is 146 Å². The van der Waals surface area contributed by atoms with E-state index in [0.29, 0.717) is 0 Å². The molecular weight excluding hydrogens is 659 g/mol.